The molecule has 1 amide bonds. The minimum Gasteiger partial charge on any atom is -0.496 e. The molecule has 140 valence electrons. The molecule has 0 unspecified atom stereocenters. The second kappa shape index (κ2) is 7.19. The van der Waals surface area contributed by atoms with Crippen LogP contribution in [0.1, 0.15) is 21.5 Å². The van der Waals surface area contributed by atoms with Gasteiger partial charge < -0.3 is 14.5 Å². The summed E-state index contributed by atoms with van der Waals surface area (Å²) in [6.45, 7) is 3.93. The van der Waals surface area contributed by atoms with Crippen LogP contribution in [0.25, 0.3) is 22.6 Å². The smallest absolute Gasteiger partial charge is 0.259 e. The van der Waals surface area contributed by atoms with Gasteiger partial charge in [0.05, 0.1) is 12.7 Å². The topological polar surface area (TPSA) is 64.4 Å². The minimum absolute atomic E-state index is 0.231. The molecule has 0 spiro atoms. The number of fused-ring (bicyclic) bond motifs is 1. The fourth-order valence-electron chi connectivity index (χ4n) is 3.19. The van der Waals surface area contributed by atoms with Gasteiger partial charge in [0.2, 0.25) is 5.89 Å². The van der Waals surface area contributed by atoms with Crippen LogP contribution in [0.5, 0.6) is 5.75 Å². The van der Waals surface area contributed by atoms with Crippen molar-refractivity contribution in [2.24, 2.45) is 0 Å². The Labute approximate surface area is 163 Å². The first kappa shape index (κ1) is 17.8. The molecule has 4 aromatic rings. The third kappa shape index (κ3) is 3.34. The van der Waals surface area contributed by atoms with Gasteiger partial charge in [-0.15, -0.1) is 0 Å². The zero-order valence-electron chi connectivity index (χ0n) is 15.9. The summed E-state index contributed by atoms with van der Waals surface area (Å²) in [4.78, 5) is 17.3. The lowest BCUT2D eigenvalue weighted by molar-refractivity contribution is 0.102. The second-order valence-corrected chi connectivity index (χ2v) is 6.68. The summed E-state index contributed by atoms with van der Waals surface area (Å²) < 4.78 is 11.2. The summed E-state index contributed by atoms with van der Waals surface area (Å²) in [5.41, 5.74) is 5.53. The highest BCUT2D eigenvalue weighted by Crippen LogP contribution is 2.28. The number of nitrogens with zero attached hydrogens (tertiary/aromatic N) is 1. The van der Waals surface area contributed by atoms with E-state index in [9.17, 15) is 4.79 Å². The Morgan fingerprint density at radius 3 is 2.68 bits per heavy atom. The van der Waals surface area contributed by atoms with Crippen molar-refractivity contribution < 1.29 is 13.9 Å². The molecular formula is C23H20N2O3. The van der Waals surface area contributed by atoms with Gasteiger partial charge in [-0.1, -0.05) is 24.3 Å². The van der Waals surface area contributed by atoms with Crippen molar-refractivity contribution in [2.75, 3.05) is 12.4 Å². The molecular weight excluding hydrogens is 352 g/mol. The molecule has 5 nitrogen and oxygen atoms in total. The van der Waals surface area contributed by atoms with Crippen molar-refractivity contribution in [3.8, 4) is 17.2 Å². The van der Waals surface area contributed by atoms with Gasteiger partial charge in [-0.25, -0.2) is 4.98 Å². The first-order valence-corrected chi connectivity index (χ1v) is 8.98. The molecule has 0 fully saturated rings. The standard InChI is InChI=1S/C23H20N2O3/c1-14-10-11-20-19(12-14)25-23(28-20)16-7-5-8-17(13-16)24-22(26)18-9-4-6-15(2)21(18)27-3/h4-13H,1-3H3,(H,24,26). The molecule has 0 atom stereocenters. The molecule has 0 radical (unpaired) electrons. The number of ether oxygens (including phenoxy) is 1. The van der Waals surface area contributed by atoms with Gasteiger partial charge in [-0.05, 0) is 61.4 Å². The molecule has 4 rings (SSSR count). The lowest BCUT2D eigenvalue weighted by Gasteiger charge is -2.11. The maximum Gasteiger partial charge on any atom is 0.259 e. The Balaban J connectivity index is 1.63. The predicted molar refractivity (Wildman–Crippen MR) is 110 cm³/mol. The first-order chi connectivity index (χ1) is 13.5. The third-order valence-corrected chi connectivity index (χ3v) is 4.57. The van der Waals surface area contributed by atoms with E-state index in [0.717, 1.165) is 27.8 Å². The van der Waals surface area contributed by atoms with E-state index >= 15 is 0 Å². The molecule has 1 N–H and O–H groups in total. The molecule has 0 aliphatic heterocycles. The number of nitrogens with one attached hydrogen (secondary N) is 1. The van der Waals surface area contributed by atoms with Crippen LogP contribution in [-0.2, 0) is 0 Å². The van der Waals surface area contributed by atoms with E-state index in [1.165, 1.54) is 0 Å². The quantitative estimate of drug-likeness (QED) is 0.523. The average molecular weight is 372 g/mol. The Hall–Kier alpha value is -3.60. The third-order valence-electron chi connectivity index (χ3n) is 4.57. The molecule has 0 saturated carbocycles. The van der Waals surface area contributed by atoms with Crippen LogP contribution in [0.3, 0.4) is 0 Å². The number of rotatable bonds is 4. The van der Waals surface area contributed by atoms with Crippen molar-refractivity contribution in [2.45, 2.75) is 13.8 Å². The van der Waals surface area contributed by atoms with Gasteiger partial charge in [0, 0.05) is 11.3 Å². The number of para-hydroxylation sites is 1. The molecule has 0 aliphatic carbocycles. The van der Waals surface area contributed by atoms with E-state index in [0.29, 0.717) is 22.9 Å². The first-order valence-electron chi connectivity index (χ1n) is 8.98. The number of methoxy groups -OCH3 is 1. The maximum absolute atomic E-state index is 12.7. The summed E-state index contributed by atoms with van der Waals surface area (Å²) in [5.74, 6) is 0.862. The summed E-state index contributed by atoms with van der Waals surface area (Å²) >= 11 is 0. The largest absolute Gasteiger partial charge is 0.496 e. The summed E-state index contributed by atoms with van der Waals surface area (Å²) in [7, 11) is 1.56. The van der Waals surface area contributed by atoms with Gasteiger partial charge in [0.1, 0.15) is 11.3 Å². The number of oxazole rings is 1. The molecule has 1 heterocycles. The average Bonchev–Trinajstić information content (AvgIpc) is 3.11. The highest BCUT2D eigenvalue weighted by Gasteiger charge is 2.15. The monoisotopic (exact) mass is 372 g/mol. The lowest BCUT2D eigenvalue weighted by Crippen LogP contribution is -2.13. The number of hydrogen-bond acceptors (Lipinski definition) is 4. The number of anilines is 1. The normalized spacial score (nSPS) is 10.8. The lowest BCUT2D eigenvalue weighted by atomic mass is 10.1. The Morgan fingerprint density at radius 2 is 1.86 bits per heavy atom. The van der Waals surface area contributed by atoms with Crippen LogP contribution in [0.4, 0.5) is 5.69 Å². The van der Waals surface area contributed by atoms with Crippen molar-refractivity contribution in [1.29, 1.82) is 0 Å². The number of aromatic nitrogens is 1. The fraction of sp³-hybridized carbons (Fsp3) is 0.130. The molecule has 5 heteroatoms. The van der Waals surface area contributed by atoms with Crippen molar-refractivity contribution in [3.63, 3.8) is 0 Å². The Bertz CT molecular complexity index is 1180. The van der Waals surface area contributed by atoms with Crippen LogP contribution in [-0.4, -0.2) is 18.0 Å². The number of carbonyl (C=O) groups excluding carboxylic acids is 1. The van der Waals surface area contributed by atoms with E-state index in [4.69, 9.17) is 9.15 Å². The van der Waals surface area contributed by atoms with Crippen molar-refractivity contribution in [1.82, 2.24) is 4.98 Å². The van der Waals surface area contributed by atoms with Crippen molar-refractivity contribution >= 4 is 22.7 Å². The highest BCUT2D eigenvalue weighted by molar-refractivity contribution is 6.06. The van der Waals surface area contributed by atoms with Crippen molar-refractivity contribution in [3.05, 3.63) is 77.4 Å². The van der Waals surface area contributed by atoms with E-state index in [2.05, 4.69) is 10.3 Å². The SMILES string of the molecule is COc1c(C)cccc1C(=O)Nc1cccc(-c2nc3cc(C)ccc3o2)c1. The van der Waals surface area contributed by atoms with E-state index in [-0.39, 0.29) is 5.91 Å². The van der Waals surface area contributed by atoms with E-state index < -0.39 is 0 Å². The highest BCUT2D eigenvalue weighted by atomic mass is 16.5. The van der Waals surface area contributed by atoms with Crippen LogP contribution < -0.4 is 10.1 Å². The van der Waals surface area contributed by atoms with Crippen LogP contribution in [0.15, 0.2) is 65.1 Å². The molecule has 28 heavy (non-hydrogen) atoms. The van der Waals surface area contributed by atoms with Gasteiger partial charge in [0.15, 0.2) is 5.58 Å². The number of amides is 1. The fourth-order valence-corrected chi connectivity index (χ4v) is 3.19. The summed E-state index contributed by atoms with van der Waals surface area (Å²) in [5, 5.41) is 2.92. The van der Waals surface area contributed by atoms with Crippen LogP contribution in [0.2, 0.25) is 0 Å². The second-order valence-electron chi connectivity index (χ2n) is 6.68. The Kier molecular flexibility index (Phi) is 4.57. The summed E-state index contributed by atoms with van der Waals surface area (Å²) in [6, 6.07) is 18.8. The maximum atomic E-state index is 12.7. The Morgan fingerprint density at radius 1 is 1.04 bits per heavy atom. The minimum atomic E-state index is -0.231. The molecule has 1 aromatic heterocycles. The number of benzene rings is 3. The van der Waals surface area contributed by atoms with Crippen LogP contribution in [0, 0.1) is 13.8 Å². The van der Waals surface area contributed by atoms with Gasteiger partial charge in [0.25, 0.3) is 5.91 Å². The van der Waals surface area contributed by atoms with Crippen LogP contribution >= 0.6 is 0 Å². The zero-order chi connectivity index (χ0) is 19.7. The summed E-state index contributed by atoms with van der Waals surface area (Å²) in [6.07, 6.45) is 0. The number of hydrogen-bond donors (Lipinski definition) is 1. The molecule has 3 aromatic carbocycles. The van der Waals surface area contributed by atoms with E-state index in [1.807, 2.05) is 68.4 Å². The molecule has 0 aliphatic rings. The molecule has 0 bridgehead atoms. The van der Waals surface area contributed by atoms with Gasteiger partial charge >= 0.3 is 0 Å². The zero-order valence-corrected chi connectivity index (χ0v) is 15.9. The predicted octanol–water partition coefficient (Wildman–Crippen LogP) is 5.37. The van der Waals surface area contributed by atoms with Gasteiger partial charge in [-0.2, -0.15) is 0 Å². The number of carbonyl (C=O) groups is 1. The van der Waals surface area contributed by atoms with E-state index in [1.54, 1.807) is 13.2 Å². The van der Waals surface area contributed by atoms with Gasteiger partial charge in [-0.3, -0.25) is 4.79 Å². The molecule has 0 saturated heterocycles. The number of aryl methyl sites for hydroxylation is 2.